The first kappa shape index (κ1) is 27.6. The van der Waals surface area contributed by atoms with E-state index in [9.17, 15) is 22.4 Å². The Hall–Kier alpha value is -2.94. The molecule has 1 aliphatic carbocycles. The minimum absolute atomic E-state index is 0.0444. The molecule has 1 atom stereocenters. The summed E-state index contributed by atoms with van der Waals surface area (Å²) in [6, 6.07) is 10.2. The molecule has 2 aromatic carbocycles. The number of carbonyl (C=O) groups excluding carboxylic acids is 2. The summed E-state index contributed by atoms with van der Waals surface area (Å²) in [4.78, 5) is 28.2. The SMILES string of the molecule is Cc1cccc(N(CC(=O)N(Cc2ccc(F)cc2)C(C)C(=O)NC2CCCCC2)S(C)(=O)=O)c1C. The summed E-state index contributed by atoms with van der Waals surface area (Å²) in [6.07, 6.45) is 6.12. The molecule has 0 aromatic heterocycles. The van der Waals surface area contributed by atoms with Crippen LogP contribution in [0, 0.1) is 19.7 Å². The number of sulfonamides is 1. The van der Waals surface area contributed by atoms with E-state index < -0.39 is 34.3 Å². The van der Waals surface area contributed by atoms with E-state index in [0.29, 0.717) is 11.3 Å². The lowest BCUT2D eigenvalue weighted by Gasteiger charge is -2.33. The highest BCUT2D eigenvalue weighted by Crippen LogP contribution is 2.25. The van der Waals surface area contributed by atoms with E-state index in [1.807, 2.05) is 19.9 Å². The van der Waals surface area contributed by atoms with Gasteiger partial charge < -0.3 is 10.2 Å². The maximum absolute atomic E-state index is 13.6. The lowest BCUT2D eigenvalue weighted by atomic mass is 9.95. The van der Waals surface area contributed by atoms with Crippen LogP contribution in [0.3, 0.4) is 0 Å². The van der Waals surface area contributed by atoms with Crippen molar-refractivity contribution in [2.24, 2.45) is 0 Å². The summed E-state index contributed by atoms with van der Waals surface area (Å²) >= 11 is 0. The van der Waals surface area contributed by atoms with Crippen molar-refractivity contribution in [3.63, 3.8) is 0 Å². The van der Waals surface area contributed by atoms with Gasteiger partial charge in [-0.05, 0) is 68.5 Å². The van der Waals surface area contributed by atoms with Gasteiger partial charge in [0.1, 0.15) is 18.4 Å². The summed E-state index contributed by atoms with van der Waals surface area (Å²) in [6.45, 7) is 4.92. The van der Waals surface area contributed by atoms with Crippen LogP contribution in [-0.4, -0.2) is 50.0 Å². The van der Waals surface area contributed by atoms with Crippen LogP contribution in [-0.2, 0) is 26.2 Å². The molecule has 0 saturated heterocycles. The summed E-state index contributed by atoms with van der Waals surface area (Å²) in [7, 11) is -3.80. The molecule has 196 valence electrons. The van der Waals surface area contributed by atoms with E-state index in [4.69, 9.17) is 0 Å². The predicted octanol–water partition coefficient (Wildman–Crippen LogP) is 4.07. The number of aryl methyl sites for hydroxylation is 1. The Morgan fingerprint density at radius 3 is 2.31 bits per heavy atom. The second-order valence-electron chi connectivity index (χ2n) is 9.66. The van der Waals surface area contributed by atoms with Gasteiger partial charge in [-0.1, -0.05) is 43.5 Å². The number of amides is 2. The van der Waals surface area contributed by atoms with Crippen molar-refractivity contribution in [1.82, 2.24) is 10.2 Å². The molecular weight excluding hydrogens is 481 g/mol. The Morgan fingerprint density at radius 1 is 1.06 bits per heavy atom. The third-order valence-corrected chi connectivity index (χ3v) is 8.04. The van der Waals surface area contributed by atoms with Crippen molar-refractivity contribution in [3.05, 3.63) is 65.0 Å². The highest BCUT2D eigenvalue weighted by atomic mass is 32.2. The van der Waals surface area contributed by atoms with E-state index in [1.54, 1.807) is 31.2 Å². The van der Waals surface area contributed by atoms with Crippen molar-refractivity contribution in [3.8, 4) is 0 Å². The van der Waals surface area contributed by atoms with Crippen LogP contribution in [0.4, 0.5) is 10.1 Å². The molecule has 0 spiro atoms. The number of rotatable bonds is 9. The number of nitrogens with zero attached hydrogens (tertiary/aromatic N) is 2. The van der Waals surface area contributed by atoms with E-state index >= 15 is 0 Å². The van der Waals surface area contributed by atoms with Gasteiger partial charge in [0.05, 0.1) is 11.9 Å². The summed E-state index contributed by atoms with van der Waals surface area (Å²) in [5.74, 6) is -1.20. The molecule has 3 rings (SSSR count). The van der Waals surface area contributed by atoms with Gasteiger partial charge in [0.25, 0.3) is 0 Å². The third-order valence-electron chi connectivity index (χ3n) is 6.91. The molecular formula is C27H36FN3O4S. The Bertz CT molecular complexity index is 1180. The van der Waals surface area contributed by atoms with E-state index in [1.165, 1.54) is 17.0 Å². The fourth-order valence-electron chi connectivity index (χ4n) is 4.54. The normalized spacial score (nSPS) is 15.2. The first-order valence-corrected chi connectivity index (χ1v) is 14.2. The first-order chi connectivity index (χ1) is 17.0. The zero-order valence-corrected chi connectivity index (χ0v) is 22.3. The van der Waals surface area contributed by atoms with E-state index in [2.05, 4.69) is 5.32 Å². The molecule has 0 bridgehead atoms. The summed E-state index contributed by atoms with van der Waals surface area (Å²) < 4.78 is 40.1. The minimum Gasteiger partial charge on any atom is -0.352 e. The topological polar surface area (TPSA) is 86.8 Å². The maximum atomic E-state index is 13.6. The molecule has 0 aliphatic heterocycles. The van der Waals surface area contributed by atoms with Crippen LogP contribution in [0.1, 0.15) is 55.7 Å². The molecule has 2 aromatic rings. The minimum atomic E-state index is -3.80. The molecule has 2 amide bonds. The highest BCUT2D eigenvalue weighted by molar-refractivity contribution is 7.92. The molecule has 9 heteroatoms. The Labute approximate surface area is 213 Å². The number of benzene rings is 2. The maximum Gasteiger partial charge on any atom is 0.244 e. The number of anilines is 1. The van der Waals surface area contributed by atoms with Gasteiger partial charge >= 0.3 is 0 Å². The van der Waals surface area contributed by atoms with Gasteiger partial charge in [-0.3, -0.25) is 13.9 Å². The van der Waals surface area contributed by atoms with Gasteiger partial charge in [-0.2, -0.15) is 0 Å². The number of carbonyl (C=O) groups is 2. The monoisotopic (exact) mass is 517 g/mol. The second-order valence-corrected chi connectivity index (χ2v) is 11.6. The van der Waals surface area contributed by atoms with Gasteiger partial charge in [0.2, 0.25) is 21.8 Å². The van der Waals surface area contributed by atoms with Crippen molar-refractivity contribution in [2.75, 3.05) is 17.1 Å². The van der Waals surface area contributed by atoms with E-state index in [0.717, 1.165) is 53.8 Å². The molecule has 0 heterocycles. The number of hydrogen-bond acceptors (Lipinski definition) is 4. The molecule has 1 unspecified atom stereocenters. The van der Waals surface area contributed by atoms with Gasteiger partial charge in [0, 0.05) is 12.6 Å². The zero-order valence-electron chi connectivity index (χ0n) is 21.5. The van der Waals surface area contributed by atoms with Crippen LogP contribution in [0.2, 0.25) is 0 Å². The van der Waals surface area contributed by atoms with Crippen LogP contribution < -0.4 is 9.62 Å². The Morgan fingerprint density at radius 2 is 1.69 bits per heavy atom. The smallest absolute Gasteiger partial charge is 0.244 e. The Kier molecular flexibility index (Phi) is 9.11. The molecule has 0 radical (unpaired) electrons. The van der Waals surface area contributed by atoms with E-state index in [-0.39, 0.29) is 18.5 Å². The molecule has 1 fully saturated rings. The Balaban J connectivity index is 1.89. The average molecular weight is 518 g/mol. The van der Waals surface area contributed by atoms with Crippen molar-refractivity contribution >= 4 is 27.5 Å². The first-order valence-electron chi connectivity index (χ1n) is 12.4. The molecule has 36 heavy (non-hydrogen) atoms. The fourth-order valence-corrected chi connectivity index (χ4v) is 5.44. The molecule has 7 nitrogen and oxygen atoms in total. The summed E-state index contributed by atoms with van der Waals surface area (Å²) in [5.41, 5.74) is 2.72. The number of halogens is 1. The summed E-state index contributed by atoms with van der Waals surface area (Å²) in [5, 5.41) is 3.06. The molecule has 1 aliphatic rings. The van der Waals surface area contributed by atoms with Crippen LogP contribution in [0.25, 0.3) is 0 Å². The van der Waals surface area contributed by atoms with Crippen molar-refractivity contribution < 1.29 is 22.4 Å². The lowest BCUT2D eigenvalue weighted by molar-refractivity contribution is -0.139. The third kappa shape index (κ3) is 7.06. The molecule has 1 N–H and O–H groups in total. The standard InChI is InChI=1S/C27H36FN3O4S/c1-19-9-8-12-25(20(19)2)31(36(4,34)35)18-26(32)30(17-22-13-15-23(28)16-14-22)21(3)27(33)29-24-10-6-5-7-11-24/h8-9,12-16,21,24H,5-7,10-11,17-18H2,1-4H3,(H,29,33). The largest absolute Gasteiger partial charge is 0.352 e. The second kappa shape index (κ2) is 11.9. The van der Waals surface area contributed by atoms with Crippen LogP contribution in [0.5, 0.6) is 0 Å². The van der Waals surface area contributed by atoms with Crippen LogP contribution >= 0.6 is 0 Å². The fraction of sp³-hybridized carbons (Fsp3) is 0.481. The van der Waals surface area contributed by atoms with Crippen molar-refractivity contribution in [2.45, 2.75) is 71.5 Å². The van der Waals surface area contributed by atoms with Gasteiger partial charge in [-0.15, -0.1) is 0 Å². The average Bonchev–Trinajstić information content (AvgIpc) is 2.83. The lowest BCUT2D eigenvalue weighted by Crippen LogP contribution is -2.53. The highest BCUT2D eigenvalue weighted by Gasteiger charge is 2.31. The number of hydrogen-bond donors (Lipinski definition) is 1. The van der Waals surface area contributed by atoms with Gasteiger partial charge in [-0.25, -0.2) is 12.8 Å². The van der Waals surface area contributed by atoms with Crippen molar-refractivity contribution in [1.29, 1.82) is 0 Å². The number of nitrogens with one attached hydrogen (secondary N) is 1. The molecule has 1 saturated carbocycles. The zero-order chi connectivity index (χ0) is 26.5. The quantitative estimate of drug-likeness (QED) is 0.543. The van der Waals surface area contributed by atoms with Gasteiger partial charge in [0.15, 0.2) is 0 Å². The predicted molar refractivity (Wildman–Crippen MR) is 140 cm³/mol. The van der Waals surface area contributed by atoms with Crippen LogP contribution in [0.15, 0.2) is 42.5 Å².